The predicted octanol–water partition coefficient (Wildman–Crippen LogP) is 2.25. The zero-order valence-corrected chi connectivity index (χ0v) is 14.4. The van der Waals surface area contributed by atoms with Crippen LogP contribution in [0.15, 0.2) is 24.3 Å². The number of sulfonamides is 1. The van der Waals surface area contributed by atoms with E-state index < -0.39 is 10.0 Å². The second-order valence-corrected chi connectivity index (χ2v) is 8.72. The van der Waals surface area contributed by atoms with Crippen LogP contribution in [0.5, 0.6) is 0 Å². The van der Waals surface area contributed by atoms with Crippen LogP contribution in [-0.2, 0) is 23.0 Å². The number of hydrogen-bond acceptors (Lipinski definition) is 3. The quantitative estimate of drug-likeness (QED) is 0.838. The number of likely N-dealkylation sites (tertiary alicyclic amines) is 1. The number of benzene rings is 1. The van der Waals surface area contributed by atoms with Crippen molar-refractivity contribution in [3.8, 4) is 0 Å². The number of hydrogen-bond donors (Lipinski definition) is 0. The predicted molar refractivity (Wildman–Crippen MR) is 89.2 cm³/mol. The van der Waals surface area contributed by atoms with Gasteiger partial charge in [-0.05, 0) is 43.5 Å². The monoisotopic (exact) mass is 322 g/mol. The van der Waals surface area contributed by atoms with Gasteiger partial charge in [-0.25, -0.2) is 8.42 Å². The van der Waals surface area contributed by atoms with Crippen LogP contribution >= 0.6 is 0 Å². The van der Waals surface area contributed by atoms with E-state index in [0.717, 1.165) is 31.5 Å². The van der Waals surface area contributed by atoms with Crippen LogP contribution in [0, 0.1) is 0 Å². The van der Waals surface area contributed by atoms with Crippen molar-refractivity contribution in [1.82, 2.24) is 9.21 Å². The van der Waals surface area contributed by atoms with Gasteiger partial charge in [-0.3, -0.25) is 4.90 Å². The first kappa shape index (κ1) is 16.0. The SMILES string of the molecule is CCN1CCCCC12Cc1ccccc1CN(S(C)(=O)=O)C2. The maximum absolute atomic E-state index is 12.3. The third-order valence-electron chi connectivity index (χ3n) is 5.30. The third-order valence-corrected chi connectivity index (χ3v) is 6.49. The van der Waals surface area contributed by atoms with Gasteiger partial charge < -0.3 is 0 Å². The topological polar surface area (TPSA) is 40.6 Å². The summed E-state index contributed by atoms with van der Waals surface area (Å²) in [5.41, 5.74) is 2.43. The standard InChI is InChI=1S/C17H26N2O2S/c1-3-18-11-7-6-10-17(18)12-15-8-4-5-9-16(15)13-19(14-17)22(2,20)21/h4-5,8-9H,3,6-7,10-14H2,1-2H3. The van der Waals surface area contributed by atoms with E-state index in [9.17, 15) is 8.42 Å². The molecule has 22 heavy (non-hydrogen) atoms. The maximum Gasteiger partial charge on any atom is 0.211 e. The second-order valence-electron chi connectivity index (χ2n) is 6.74. The first-order valence-corrected chi connectivity index (χ1v) is 10.1. The Hall–Kier alpha value is -0.910. The van der Waals surface area contributed by atoms with Crippen LogP contribution in [0.25, 0.3) is 0 Å². The van der Waals surface area contributed by atoms with Crippen molar-refractivity contribution in [3.63, 3.8) is 0 Å². The molecule has 1 spiro atoms. The summed E-state index contributed by atoms with van der Waals surface area (Å²) < 4.78 is 26.2. The molecular weight excluding hydrogens is 296 g/mol. The Morgan fingerprint density at radius 3 is 2.59 bits per heavy atom. The molecule has 0 saturated carbocycles. The molecule has 0 bridgehead atoms. The fourth-order valence-corrected chi connectivity index (χ4v) is 4.98. The molecule has 2 heterocycles. The van der Waals surface area contributed by atoms with Gasteiger partial charge in [-0.1, -0.05) is 37.6 Å². The van der Waals surface area contributed by atoms with Gasteiger partial charge in [-0.15, -0.1) is 0 Å². The summed E-state index contributed by atoms with van der Waals surface area (Å²) in [5.74, 6) is 0. The van der Waals surface area contributed by atoms with E-state index in [0.29, 0.717) is 13.1 Å². The molecule has 0 aliphatic carbocycles. The molecule has 122 valence electrons. The minimum Gasteiger partial charge on any atom is -0.296 e. The van der Waals surface area contributed by atoms with Gasteiger partial charge in [0.15, 0.2) is 0 Å². The van der Waals surface area contributed by atoms with Crippen LogP contribution in [0.4, 0.5) is 0 Å². The Kier molecular flexibility index (Phi) is 4.32. The highest BCUT2D eigenvalue weighted by Gasteiger charge is 2.43. The molecule has 1 atom stereocenters. The lowest BCUT2D eigenvalue weighted by Gasteiger charge is -2.48. The van der Waals surface area contributed by atoms with Gasteiger partial charge >= 0.3 is 0 Å². The van der Waals surface area contributed by atoms with Crippen molar-refractivity contribution in [2.45, 2.75) is 44.7 Å². The highest BCUT2D eigenvalue weighted by atomic mass is 32.2. The van der Waals surface area contributed by atoms with E-state index >= 15 is 0 Å². The normalized spacial score (nSPS) is 27.5. The average molecular weight is 322 g/mol. The number of rotatable bonds is 2. The smallest absolute Gasteiger partial charge is 0.211 e. The Morgan fingerprint density at radius 2 is 1.91 bits per heavy atom. The van der Waals surface area contributed by atoms with Crippen molar-refractivity contribution in [2.24, 2.45) is 0 Å². The number of piperidine rings is 1. The van der Waals surface area contributed by atoms with E-state index in [2.05, 4.69) is 30.0 Å². The molecule has 2 aliphatic rings. The molecular formula is C17H26N2O2S. The Bertz CT molecular complexity index is 644. The molecule has 3 rings (SSSR count). The lowest BCUT2D eigenvalue weighted by molar-refractivity contribution is 0.0379. The molecule has 5 heteroatoms. The summed E-state index contributed by atoms with van der Waals surface area (Å²) in [7, 11) is -3.19. The van der Waals surface area contributed by atoms with Crippen LogP contribution in [-0.4, -0.2) is 49.1 Å². The highest BCUT2D eigenvalue weighted by molar-refractivity contribution is 7.88. The Balaban J connectivity index is 2.07. The van der Waals surface area contributed by atoms with E-state index in [1.165, 1.54) is 24.7 Å². The summed E-state index contributed by atoms with van der Waals surface area (Å²) in [4.78, 5) is 2.51. The molecule has 0 amide bonds. The third kappa shape index (κ3) is 2.94. The van der Waals surface area contributed by atoms with Gasteiger partial charge in [0.2, 0.25) is 10.0 Å². The molecule has 0 N–H and O–H groups in total. The minimum absolute atomic E-state index is 0.0390. The Morgan fingerprint density at radius 1 is 1.18 bits per heavy atom. The van der Waals surface area contributed by atoms with Crippen molar-refractivity contribution in [1.29, 1.82) is 0 Å². The first-order valence-electron chi connectivity index (χ1n) is 8.21. The molecule has 4 nitrogen and oxygen atoms in total. The number of fused-ring (bicyclic) bond motifs is 1. The zero-order chi connectivity index (χ0) is 15.8. The summed E-state index contributed by atoms with van der Waals surface area (Å²) in [6.07, 6.45) is 5.80. The molecule has 0 aromatic heterocycles. The van der Waals surface area contributed by atoms with E-state index in [4.69, 9.17) is 0 Å². The van der Waals surface area contributed by atoms with Crippen LogP contribution in [0.1, 0.15) is 37.3 Å². The maximum atomic E-state index is 12.3. The van der Waals surface area contributed by atoms with Crippen LogP contribution in [0.3, 0.4) is 0 Å². The molecule has 1 aromatic rings. The zero-order valence-electron chi connectivity index (χ0n) is 13.6. The summed E-state index contributed by atoms with van der Waals surface area (Å²) >= 11 is 0. The van der Waals surface area contributed by atoms with Crippen LogP contribution in [0.2, 0.25) is 0 Å². The van der Waals surface area contributed by atoms with Gasteiger partial charge in [0.25, 0.3) is 0 Å². The first-order chi connectivity index (χ1) is 10.4. The van der Waals surface area contributed by atoms with Gasteiger partial charge in [0.05, 0.1) is 6.26 Å². The van der Waals surface area contributed by atoms with E-state index in [-0.39, 0.29) is 5.54 Å². The molecule has 0 radical (unpaired) electrons. The number of likely N-dealkylation sites (N-methyl/N-ethyl adjacent to an activating group) is 1. The van der Waals surface area contributed by atoms with Gasteiger partial charge in [0.1, 0.15) is 0 Å². The van der Waals surface area contributed by atoms with Gasteiger partial charge in [-0.2, -0.15) is 4.31 Å². The van der Waals surface area contributed by atoms with Crippen molar-refractivity contribution in [2.75, 3.05) is 25.9 Å². The summed E-state index contributed by atoms with van der Waals surface area (Å²) in [5, 5.41) is 0. The highest BCUT2D eigenvalue weighted by Crippen LogP contribution is 2.36. The van der Waals surface area contributed by atoms with Crippen molar-refractivity contribution in [3.05, 3.63) is 35.4 Å². The lowest BCUT2D eigenvalue weighted by atomic mass is 9.81. The van der Waals surface area contributed by atoms with Crippen molar-refractivity contribution < 1.29 is 8.42 Å². The van der Waals surface area contributed by atoms with Crippen molar-refractivity contribution >= 4 is 10.0 Å². The van der Waals surface area contributed by atoms with E-state index in [1.807, 2.05) is 6.07 Å². The number of nitrogens with zero attached hydrogens (tertiary/aromatic N) is 2. The molecule has 1 saturated heterocycles. The summed E-state index contributed by atoms with van der Waals surface area (Å²) in [6, 6.07) is 8.33. The average Bonchev–Trinajstić information content (AvgIpc) is 2.64. The Labute approximate surface area is 134 Å². The fourth-order valence-electron chi connectivity index (χ4n) is 4.13. The molecule has 2 aliphatic heterocycles. The molecule has 1 fully saturated rings. The fraction of sp³-hybridized carbons (Fsp3) is 0.647. The molecule has 1 aromatic carbocycles. The molecule has 1 unspecified atom stereocenters. The lowest BCUT2D eigenvalue weighted by Crippen LogP contribution is -2.58. The summed E-state index contributed by atoms with van der Waals surface area (Å²) in [6.45, 7) is 5.38. The van der Waals surface area contributed by atoms with Crippen LogP contribution < -0.4 is 0 Å². The largest absolute Gasteiger partial charge is 0.296 e. The second kappa shape index (κ2) is 5.95. The van der Waals surface area contributed by atoms with E-state index in [1.54, 1.807) is 4.31 Å². The van der Waals surface area contributed by atoms with Gasteiger partial charge in [0, 0.05) is 18.6 Å². The minimum atomic E-state index is -3.19.